The summed E-state index contributed by atoms with van der Waals surface area (Å²) in [7, 11) is 0. The Kier molecular flexibility index (Phi) is 4.65. The third kappa shape index (κ3) is 3.44. The second-order valence-electron chi connectivity index (χ2n) is 7.50. The van der Waals surface area contributed by atoms with Crippen LogP contribution in [0, 0.1) is 12.8 Å². The van der Waals surface area contributed by atoms with Crippen LogP contribution >= 0.6 is 0 Å². The van der Waals surface area contributed by atoms with Gasteiger partial charge in [0, 0.05) is 57.2 Å². The molecular weight excluding hydrogens is 286 g/mol. The zero-order valence-corrected chi connectivity index (χ0v) is 14.3. The SMILES string of the molecule is Cc1cccc(CN2CC[C@H]3[C@H]2CCN3CC2CCOCC2)n1. The maximum absolute atomic E-state index is 5.51. The second kappa shape index (κ2) is 6.88. The first kappa shape index (κ1) is 15.6. The van der Waals surface area contributed by atoms with Gasteiger partial charge in [0.2, 0.25) is 0 Å². The number of fused-ring (bicyclic) bond motifs is 1. The van der Waals surface area contributed by atoms with Gasteiger partial charge in [-0.15, -0.1) is 0 Å². The number of hydrogen-bond acceptors (Lipinski definition) is 4. The Labute approximate surface area is 139 Å². The molecule has 0 radical (unpaired) electrons. The molecule has 4 heterocycles. The van der Waals surface area contributed by atoms with Crippen LogP contribution < -0.4 is 0 Å². The van der Waals surface area contributed by atoms with Crippen molar-refractivity contribution in [2.75, 3.05) is 32.8 Å². The number of pyridine rings is 1. The van der Waals surface area contributed by atoms with Crippen LogP contribution in [0.4, 0.5) is 0 Å². The van der Waals surface area contributed by atoms with Gasteiger partial charge in [0.1, 0.15) is 0 Å². The number of aromatic nitrogens is 1. The molecule has 3 aliphatic heterocycles. The predicted molar refractivity (Wildman–Crippen MR) is 91.3 cm³/mol. The largest absolute Gasteiger partial charge is 0.381 e. The summed E-state index contributed by atoms with van der Waals surface area (Å²) >= 11 is 0. The molecule has 0 saturated carbocycles. The van der Waals surface area contributed by atoms with E-state index in [2.05, 4.69) is 34.9 Å². The Morgan fingerprint density at radius 3 is 2.57 bits per heavy atom. The molecule has 3 saturated heterocycles. The first-order chi connectivity index (χ1) is 11.3. The van der Waals surface area contributed by atoms with Crippen molar-refractivity contribution in [1.82, 2.24) is 14.8 Å². The van der Waals surface area contributed by atoms with Crippen LogP contribution in [0.2, 0.25) is 0 Å². The number of ether oxygens (including phenoxy) is 1. The number of rotatable bonds is 4. The topological polar surface area (TPSA) is 28.6 Å². The molecule has 0 spiro atoms. The molecule has 0 bridgehead atoms. The highest BCUT2D eigenvalue weighted by Gasteiger charge is 2.42. The highest BCUT2D eigenvalue weighted by atomic mass is 16.5. The number of nitrogens with zero attached hydrogens (tertiary/aromatic N) is 3. The first-order valence-electron chi connectivity index (χ1n) is 9.28. The van der Waals surface area contributed by atoms with Crippen LogP contribution in [-0.4, -0.2) is 59.7 Å². The monoisotopic (exact) mass is 315 g/mol. The average molecular weight is 315 g/mol. The van der Waals surface area contributed by atoms with E-state index in [1.807, 2.05) is 0 Å². The summed E-state index contributed by atoms with van der Waals surface area (Å²) < 4.78 is 5.51. The Bertz CT molecular complexity index is 529. The lowest BCUT2D eigenvalue weighted by Gasteiger charge is -2.30. The molecule has 0 amide bonds. The third-order valence-corrected chi connectivity index (χ3v) is 5.95. The van der Waals surface area contributed by atoms with Crippen molar-refractivity contribution in [3.05, 3.63) is 29.6 Å². The lowest BCUT2D eigenvalue weighted by atomic mass is 9.99. The van der Waals surface area contributed by atoms with Crippen LogP contribution in [0.3, 0.4) is 0 Å². The molecule has 0 aliphatic carbocycles. The van der Waals surface area contributed by atoms with Crippen molar-refractivity contribution in [1.29, 1.82) is 0 Å². The Balaban J connectivity index is 1.35. The van der Waals surface area contributed by atoms with Crippen LogP contribution in [-0.2, 0) is 11.3 Å². The lowest BCUT2D eigenvalue weighted by Crippen LogP contribution is -2.39. The van der Waals surface area contributed by atoms with Gasteiger partial charge < -0.3 is 4.74 Å². The van der Waals surface area contributed by atoms with Crippen molar-refractivity contribution in [3.63, 3.8) is 0 Å². The van der Waals surface area contributed by atoms with Gasteiger partial charge in [-0.2, -0.15) is 0 Å². The van der Waals surface area contributed by atoms with Gasteiger partial charge in [-0.3, -0.25) is 14.8 Å². The molecule has 4 nitrogen and oxygen atoms in total. The molecule has 4 heteroatoms. The number of aryl methyl sites for hydroxylation is 1. The summed E-state index contributed by atoms with van der Waals surface area (Å²) in [6.45, 7) is 8.85. The molecule has 1 aromatic rings. The first-order valence-corrected chi connectivity index (χ1v) is 9.28. The molecule has 3 fully saturated rings. The van der Waals surface area contributed by atoms with Gasteiger partial charge in [0.15, 0.2) is 0 Å². The normalized spacial score (nSPS) is 30.0. The van der Waals surface area contributed by atoms with Gasteiger partial charge in [-0.05, 0) is 50.7 Å². The van der Waals surface area contributed by atoms with Gasteiger partial charge in [0.05, 0.1) is 5.69 Å². The van der Waals surface area contributed by atoms with E-state index in [1.165, 1.54) is 51.0 Å². The summed E-state index contributed by atoms with van der Waals surface area (Å²) in [5.41, 5.74) is 2.36. The molecular formula is C19H29N3O. The summed E-state index contributed by atoms with van der Waals surface area (Å²) in [6.07, 6.45) is 5.18. The quantitative estimate of drug-likeness (QED) is 0.853. The summed E-state index contributed by atoms with van der Waals surface area (Å²) in [4.78, 5) is 10.2. The zero-order valence-electron chi connectivity index (χ0n) is 14.3. The lowest BCUT2D eigenvalue weighted by molar-refractivity contribution is 0.0504. The van der Waals surface area contributed by atoms with Crippen LogP contribution in [0.1, 0.15) is 37.1 Å². The molecule has 3 aliphatic rings. The van der Waals surface area contributed by atoms with E-state index < -0.39 is 0 Å². The maximum Gasteiger partial charge on any atom is 0.0547 e. The van der Waals surface area contributed by atoms with Gasteiger partial charge in [0.25, 0.3) is 0 Å². The Morgan fingerprint density at radius 2 is 1.78 bits per heavy atom. The smallest absolute Gasteiger partial charge is 0.0547 e. The van der Waals surface area contributed by atoms with E-state index in [-0.39, 0.29) is 0 Å². The highest BCUT2D eigenvalue weighted by Crippen LogP contribution is 2.33. The number of hydrogen-bond donors (Lipinski definition) is 0. The van der Waals surface area contributed by atoms with Crippen LogP contribution in [0.25, 0.3) is 0 Å². The van der Waals surface area contributed by atoms with E-state index >= 15 is 0 Å². The molecule has 0 unspecified atom stereocenters. The summed E-state index contributed by atoms with van der Waals surface area (Å²) in [5.74, 6) is 0.856. The van der Waals surface area contributed by atoms with Crippen molar-refractivity contribution in [2.24, 2.45) is 5.92 Å². The van der Waals surface area contributed by atoms with E-state index in [4.69, 9.17) is 9.72 Å². The van der Waals surface area contributed by atoms with E-state index in [9.17, 15) is 0 Å². The minimum absolute atomic E-state index is 0.747. The predicted octanol–water partition coefficient (Wildman–Crippen LogP) is 2.47. The van der Waals surface area contributed by atoms with E-state index in [0.29, 0.717) is 0 Å². The van der Waals surface area contributed by atoms with Crippen molar-refractivity contribution < 1.29 is 4.74 Å². The van der Waals surface area contributed by atoms with Crippen molar-refractivity contribution >= 4 is 0 Å². The van der Waals surface area contributed by atoms with Gasteiger partial charge >= 0.3 is 0 Å². The Morgan fingerprint density at radius 1 is 1.04 bits per heavy atom. The maximum atomic E-state index is 5.51. The number of likely N-dealkylation sites (tertiary alicyclic amines) is 2. The summed E-state index contributed by atoms with van der Waals surface area (Å²) in [5, 5.41) is 0. The van der Waals surface area contributed by atoms with Crippen LogP contribution in [0.5, 0.6) is 0 Å². The molecule has 23 heavy (non-hydrogen) atoms. The van der Waals surface area contributed by atoms with E-state index in [0.717, 1.165) is 43.5 Å². The Hall–Kier alpha value is -0.970. The molecule has 1 aromatic heterocycles. The minimum Gasteiger partial charge on any atom is -0.381 e. The molecule has 126 valence electrons. The van der Waals surface area contributed by atoms with Crippen molar-refractivity contribution in [2.45, 2.75) is 51.2 Å². The van der Waals surface area contributed by atoms with Crippen LogP contribution in [0.15, 0.2) is 18.2 Å². The van der Waals surface area contributed by atoms with Gasteiger partial charge in [-0.25, -0.2) is 0 Å². The third-order valence-electron chi connectivity index (χ3n) is 5.95. The minimum atomic E-state index is 0.747. The second-order valence-corrected chi connectivity index (χ2v) is 7.50. The fourth-order valence-corrected chi connectivity index (χ4v) is 4.74. The fraction of sp³-hybridized carbons (Fsp3) is 0.737. The summed E-state index contributed by atoms with van der Waals surface area (Å²) in [6, 6.07) is 7.92. The van der Waals surface area contributed by atoms with E-state index in [1.54, 1.807) is 0 Å². The standard InChI is InChI=1S/C19H29N3O/c1-15-3-2-4-17(20-15)14-22-10-6-18-19(22)5-9-21(18)13-16-7-11-23-12-8-16/h2-4,16,18-19H,5-14H2,1H3/t18-,19+/m0/s1. The highest BCUT2D eigenvalue weighted by molar-refractivity contribution is 5.11. The molecule has 0 N–H and O–H groups in total. The molecule has 4 rings (SSSR count). The fourth-order valence-electron chi connectivity index (χ4n) is 4.74. The zero-order chi connectivity index (χ0) is 15.6. The average Bonchev–Trinajstić information content (AvgIpc) is 3.13. The van der Waals surface area contributed by atoms with Crippen molar-refractivity contribution in [3.8, 4) is 0 Å². The van der Waals surface area contributed by atoms with Gasteiger partial charge in [-0.1, -0.05) is 6.07 Å². The molecule has 2 atom stereocenters. The molecule has 0 aromatic carbocycles.